The van der Waals surface area contributed by atoms with Gasteiger partial charge in [-0.05, 0) is 30.9 Å². The fraction of sp³-hybridized carbons (Fsp3) is 0.529. The lowest BCUT2D eigenvalue weighted by Gasteiger charge is -2.24. The van der Waals surface area contributed by atoms with E-state index in [1.807, 2.05) is 13.1 Å². The van der Waals surface area contributed by atoms with Crippen LogP contribution < -0.4 is 5.32 Å². The van der Waals surface area contributed by atoms with Gasteiger partial charge in [-0.2, -0.15) is 0 Å². The fourth-order valence-corrected chi connectivity index (χ4v) is 4.70. The maximum atomic E-state index is 4.52. The summed E-state index contributed by atoms with van der Waals surface area (Å²) in [6, 6.07) is 10.6. The monoisotopic (exact) mass is 301 g/mol. The fourth-order valence-electron chi connectivity index (χ4n) is 3.37. The van der Waals surface area contributed by atoms with Crippen molar-refractivity contribution in [2.24, 2.45) is 5.41 Å². The quantitative estimate of drug-likeness (QED) is 0.922. The van der Waals surface area contributed by atoms with Crippen molar-refractivity contribution < 1.29 is 0 Å². The van der Waals surface area contributed by atoms with Gasteiger partial charge in [-0.15, -0.1) is 10.2 Å². The third kappa shape index (κ3) is 2.87. The molecule has 21 heavy (non-hydrogen) atoms. The van der Waals surface area contributed by atoms with Crippen LogP contribution in [-0.4, -0.2) is 17.2 Å². The van der Waals surface area contributed by atoms with E-state index in [0.29, 0.717) is 11.3 Å². The number of hydrogen-bond donors (Lipinski definition) is 1. The molecule has 1 aromatic heterocycles. The van der Waals surface area contributed by atoms with Crippen molar-refractivity contribution in [3.05, 3.63) is 45.9 Å². The second kappa shape index (κ2) is 5.85. The van der Waals surface area contributed by atoms with Gasteiger partial charge in [-0.1, -0.05) is 61.9 Å². The third-order valence-electron chi connectivity index (χ3n) is 4.68. The predicted octanol–water partition coefficient (Wildman–Crippen LogP) is 4.14. The molecule has 4 heteroatoms. The third-order valence-corrected chi connectivity index (χ3v) is 5.78. The topological polar surface area (TPSA) is 37.8 Å². The molecule has 0 aliphatic heterocycles. The molecule has 2 aromatic rings. The van der Waals surface area contributed by atoms with Gasteiger partial charge >= 0.3 is 0 Å². The van der Waals surface area contributed by atoms with Crippen molar-refractivity contribution in [3.63, 3.8) is 0 Å². The second-order valence-corrected chi connectivity index (χ2v) is 7.58. The highest BCUT2D eigenvalue weighted by Crippen LogP contribution is 2.49. The van der Waals surface area contributed by atoms with Gasteiger partial charge in [0.2, 0.25) is 0 Å². The molecule has 2 unspecified atom stereocenters. The Morgan fingerprint density at radius 2 is 2.00 bits per heavy atom. The zero-order chi connectivity index (χ0) is 14.9. The van der Waals surface area contributed by atoms with E-state index in [4.69, 9.17) is 0 Å². The van der Waals surface area contributed by atoms with Gasteiger partial charge in [0.25, 0.3) is 0 Å². The van der Waals surface area contributed by atoms with Crippen LogP contribution in [0.1, 0.15) is 60.6 Å². The summed E-state index contributed by atoms with van der Waals surface area (Å²) in [5, 5.41) is 14.6. The van der Waals surface area contributed by atoms with Crippen LogP contribution in [0.5, 0.6) is 0 Å². The minimum atomic E-state index is 0.141. The highest BCUT2D eigenvalue weighted by Gasteiger charge is 2.38. The predicted molar refractivity (Wildman–Crippen MR) is 87.6 cm³/mol. The normalized spacial score (nSPS) is 22.3. The van der Waals surface area contributed by atoms with Crippen LogP contribution in [0.4, 0.5) is 0 Å². The van der Waals surface area contributed by atoms with Gasteiger partial charge in [0.15, 0.2) is 0 Å². The molecule has 0 radical (unpaired) electrons. The molecular formula is C17H23N3S. The molecule has 1 N–H and O–H groups in total. The van der Waals surface area contributed by atoms with Crippen LogP contribution in [0.3, 0.4) is 0 Å². The summed E-state index contributed by atoms with van der Waals surface area (Å²) >= 11 is 1.78. The lowest BCUT2D eigenvalue weighted by atomic mass is 9.82. The Labute approximate surface area is 130 Å². The van der Waals surface area contributed by atoms with Gasteiger partial charge in [0, 0.05) is 5.92 Å². The summed E-state index contributed by atoms with van der Waals surface area (Å²) < 4.78 is 0. The van der Waals surface area contributed by atoms with E-state index < -0.39 is 0 Å². The lowest BCUT2D eigenvalue weighted by Crippen LogP contribution is -2.17. The Balaban J connectivity index is 1.87. The van der Waals surface area contributed by atoms with Crippen LogP contribution in [0.25, 0.3) is 0 Å². The lowest BCUT2D eigenvalue weighted by molar-refractivity contribution is 0.330. The summed E-state index contributed by atoms with van der Waals surface area (Å²) in [4.78, 5) is 0. The van der Waals surface area contributed by atoms with E-state index in [1.54, 1.807) is 11.3 Å². The second-order valence-electron chi connectivity index (χ2n) is 6.54. The Hall–Kier alpha value is -1.26. The average Bonchev–Trinajstić information content (AvgIpc) is 3.07. The van der Waals surface area contributed by atoms with Crippen molar-refractivity contribution in [2.45, 2.75) is 45.1 Å². The minimum absolute atomic E-state index is 0.141. The van der Waals surface area contributed by atoms with Crippen molar-refractivity contribution >= 4 is 11.3 Å². The number of hydrogen-bond acceptors (Lipinski definition) is 4. The molecule has 1 heterocycles. The smallest absolute Gasteiger partial charge is 0.139 e. The number of aromatic nitrogens is 2. The molecule has 1 aliphatic rings. The number of rotatable bonds is 4. The largest absolute Gasteiger partial charge is 0.307 e. The summed E-state index contributed by atoms with van der Waals surface area (Å²) in [5.74, 6) is 0.567. The molecule has 2 atom stereocenters. The van der Waals surface area contributed by atoms with E-state index in [0.717, 1.165) is 5.01 Å². The standard InChI is InChI=1S/C17H23N3S/c1-17(2)11-7-10-13(17)15-19-20-16(21-15)14(18-3)12-8-5-4-6-9-12/h4-6,8-9,13-14,18H,7,10-11H2,1-3H3. The summed E-state index contributed by atoms with van der Waals surface area (Å²) in [6.45, 7) is 4.72. The summed E-state index contributed by atoms with van der Waals surface area (Å²) in [5.41, 5.74) is 1.60. The van der Waals surface area contributed by atoms with E-state index in [1.165, 1.54) is 29.8 Å². The first-order chi connectivity index (χ1) is 10.1. The Morgan fingerprint density at radius 3 is 2.62 bits per heavy atom. The molecule has 0 saturated heterocycles. The summed E-state index contributed by atoms with van der Waals surface area (Å²) in [6.07, 6.45) is 3.85. The van der Waals surface area contributed by atoms with Gasteiger partial charge in [0.1, 0.15) is 10.0 Å². The van der Waals surface area contributed by atoms with Crippen molar-refractivity contribution in [1.82, 2.24) is 15.5 Å². The Morgan fingerprint density at radius 1 is 1.24 bits per heavy atom. The molecule has 1 saturated carbocycles. The van der Waals surface area contributed by atoms with Crippen molar-refractivity contribution in [2.75, 3.05) is 7.05 Å². The van der Waals surface area contributed by atoms with Gasteiger partial charge in [0.05, 0.1) is 6.04 Å². The summed E-state index contributed by atoms with van der Waals surface area (Å²) in [7, 11) is 1.98. The van der Waals surface area contributed by atoms with E-state index in [9.17, 15) is 0 Å². The first kappa shape index (κ1) is 14.7. The van der Waals surface area contributed by atoms with Gasteiger partial charge in [-0.3, -0.25) is 0 Å². The molecule has 3 rings (SSSR count). The molecule has 1 aliphatic carbocycles. The van der Waals surface area contributed by atoms with Crippen molar-refractivity contribution in [1.29, 1.82) is 0 Å². The van der Waals surface area contributed by atoms with E-state index in [-0.39, 0.29) is 6.04 Å². The van der Waals surface area contributed by atoms with Gasteiger partial charge < -0.3 is 5.32 Å². The van der Waals surface area contributed by atoms with Crippen LogP contribution in [-0.2, 0) is 0 Å². The van der Waals surface area contributed by atoms with E-state index in [2.05, 4.69) is 53.6 Å². The van der Waals surface area contributed by atoms with Crippen molar-refractivity contribution in [3.8, 4) is 0 Å². The zero-order valence-electron chi connectivity index (χ0n) is 13.0. The highest BCUT2D eigenvalue weighted by molar-refractivity contribution is 7.11. The molecule has 1 fully saturated rings. The maximum absolute atomic E-state index is 4.52. The van der Waals surface area contributed by atoms with Gasteiger partial charge in [-0.25, -0.2) is 0 Å². The molecule has 0 spiro atoms. The first-order valence-corrected chi connectivity index (χ1v) is 8.49. The van der Waals surface area contributed by atoms with Crippen LogP contribution in [0, 0.1) is 5.41 Å². The Kier molecular flexibility index (Phi) is 4.09. The SMILES string of the molecule is CNC(c1ccccc1)c1nnc(C2CCCC2(C)C)s1. The minimum Gasteiger partial charge on any atom is -0.307 e. The molecule has 0 amide bonds. The molecule has 112 valence electrons. The Bertz CT molecular complexity index is 591. The van der Waals surface area contributed by atoms with Crippen LogP contribution in [0.15, 0.2) is 30.3 Å². The molecular weight excluding hydrogens is 278 g/mol. The zero-order valence-corrected chi connectivity index (χ0v) is 13.8. The first-order valence-electron chi connectivity index (χ1n) is 7.67. The number of nitrogens with zero attached hydrogens (tertiary/aromatic N) is 2. The van der Waals surface area contributed by atoms with Crippen LogP contribution in [0.2, 0.25) is 0 Å². The highest BCUT2D eigenvalue weighted by atomic mass is 32.1. The molecule has 3 nitrogen and oxygen atoms in total. The average molecular weight is 301 g/mol. The molecule has 0 bridgehead atoms. The maximum Gasteiger partial charge on any atom is 0.139 e. The number of nitrogens with one attached hydrogen (secondary N) is 1. The number of benzene rings is 1. The molecule has 1 aromatic carbocycles. The van der Waals surface area contributed by atoms with E-state index >= 15 is 0 Å². The van der Waals surface area contributed by atoms with Crippen LogP contribution >= 0.6 is 11.3 Å².